The number of aromatic nitrogens is 2. The van der Waals surface area contributed by atoms with E-state index in [2.05, 4.69) is 4.98 Å². The summed E-state index contributed by atoms with van der Waals surface area (Å²) in [4.78, 5) is 15.3. The Labute approximate surface area is 130 Å². The largest absolute Gasteiger partial charge is 0.394 e. The van der Waals surface area contributed by atoms with Crippen molar-refractivity contribution < 1.29 is 42.6 Å². The van der Waals surface area contributed by atoms with Crippen molar-refractivity contribution >= 4 is 5.82 Å². The molecule has 1 radical (unpaired) electrons. The molecule has 18 heavy (non-hydrogen) atoms. The van der Waals surface area contributed by atoms with Crippen LogP contribution in [0.2, 0.25) is 0 Å². The summed E-state index contributed by atoms with van der Waals surface area (Å²) in [6, 6.07) is 1.55. The van der Waals surface area contributed by atoms with Crippen LogP contribution in [0.5, 0.6) is 0 Å². The Kier molecular flexibility index (Phi) is 5.46. The molecule has 97 valence electrons. The molecule has 0 aromatic carbocycles. The van der Waals surface area contributed by atoms with Gasteiger partial charge in [-0.1, -0.05) is 6.92 Å². The summed E-state index contributed by atoms with van der Waals surface area (Å²) in [6.07, 6.45) is 0.817. The number of nitrogen functional groups attached to an aromatic ring is 1. The van der Waals surface area contributed by atoms with Crippen LogP contribution in [0, 0.1) is 11.8 Å². The quantitative estimate of drug-likeness (QED) is 0.743. The summed E-state index contributed by atoms with van der Waals surface area (Å²) in [5.41, 5.74) is 4.99. The maximum atomic E-state index is 11.7. The number of anilines is 1. The van der Waals surface area contributed by atoms with Gasteiger partial charge in [0.25, 0.3) is 0 Å². The third-order valence-corrected chi connectivity index (χ3v) is 3.25. The van der Waals surface area contributed by atoms with Gasteiger partial charge in [-0.25, -0.2) is 4.79 Å². The Hall–Kier alpha value is -0.296. The third-order valence-electron chi connectivity index (χ3n) is 3.25. The molecule has 3 N–H and O–H groups in total. The minimum Gasteiger partial charge on any atom is -0.394 e. The van der Waals surface area contributed by atoms with Gasteiger partial charge in [-0.05, 0) is 6.07 Å². The topological polar surface area (TPSA) is 90.4 Å². The Morgan fingerprint density at radius 1 is 1.67 bits per heavy atom. The average molecular weight is 327 g/mol. The van der Waals surface area contributed by atoms with Gasteiger partial charge in [0.15, 0.2) is 0 Å². The predicted molar refractivity (Wildman–Crippen MR) is 62.0 cm³/mol. The Bertz CT molecular complexity index is 465. The maximum Gasteiger partial charge on any atom is 0.349 e. The number of nitrogens with two attached hydrogens (primary N) is 1. The van der Waals surface area contributed by atoms with Crippen LogP contribution in [-0.4, -0.2) is 27.4 Å². The van der Waals surface area contributed by atoms with Gasteiger partial charge in [0.2, 0.25) is 0 Å². The van der Waals surface area contributed by atoms with Crippen LogP contribution in [0.1, 0.15) is 20.1 Å². The molecule has 3 atom stereocenters. The smallest absolute Gasteiger partial charge is 0.349 e. The van der Waals surface area contributed by atoms with Crippen LogP contribution in [-0.2, 0) is 37.4 Å². The zero-order valence-electron chi connectivity index (χ0n) is 10.4. The molecule has 0 saturated carbocycles. The molecular formula is C11H16N3O3Y-. The molecule has 7 heteroatoms. The molecule has 1 aliphatic rings. The first-order valence-electron chi connectivity index (χ1n) is 5.49. The van der Waals surface area contributed by atoms with E-state index in [1.807, 2.05) is 13.8 Å². The van der Waals surface area contributed by atoms with Crippen molar-refractivity contribution in [3.05, 3.63) is 28.7 Å². The van der Waals surface area contributed by atoms with E-state index >= 15 is 0 Å². The van der Waals surface area contributed by atoms with Gasteiger partial charge in [-0.3, -0.25) is 5.92 Å². The molecular weight excluding hydrogens is 311 g/mol. The van der Waals surface area contributed by atoms with Crippen LogP contribution in [0.15, 0.2) is 17.1 Å². The molecule has 0 spiro atoms. The van der Waals surface area contributed by atoms with Crippen molar-refractivity contribution in [1.82, 2.24) is 9.55 Å². The molecule has 2 rings (SSSR count). The molecule has 0 amide bonds. The number of hydrogen-bond acceptors (Lipinski definition) is 5. The number of aliphatic hydroxyl groups excluding tert-OH is 1. The van der Waals surface area contributed by atoms with Gasteiger partial charge in [-0.15, -0.1) is 5.92 Å². The molecule has 2 heterocycles. The fraction of sp³-hybridized carbons (Fsp3) is 0.545. The van der Waals surface area contributed by atoms with E-state index in [1.165, 1.54) is 4.57 Å². The number of hydrogen-bond donors (Lipinski definition) is 2. The average Bonchev–Trinajstić information content (AvgIpc) is 2.57. The summed E-state index contributed by atoms with van der Waals surface area (Å²) < 4.78 is 7.02. The zero-order valence-corrected chi connectivity index (χ0v) is 13.2. The van der Waals surface area contributed by atoms with Gasteiger partial charge >= 0.3 is 5.69 Å². The Balaban J connectivity index is 0.00000162. The maximum absolute atomic E-state index is 11.7. The van der Waals surface area contributed by atoms with Crippen molar-refractivity contribution in [2.45, 2.75) is 26.2 Å². The molecule has 1 aliphatic heterocycles. The van der Waals surface area contributed by atoms with Gasteiger partial charge in [0.05, 0.1) is 12.7 Å². The Morgan fingerprint density at radius 2 is 2.33 bits per heavy atom. The van der Waals surface area contributed by atoms with E-state index < -0.39 is 11.9 Å². The molecule has 6 nitrogen and oxygen atoms in total. The molecule has 1 saturated heterocycles. The second-order valence-corrected chi connectivity index (χ2v) is 4.28. The van der Waals surface area contributed by atoms with Gasteiger partial charge < -0.3 is 20.1 Å². The van der Waals surface area contributed by atoms with Gasteiger partial charge in [-0.2, -0.15) is 11.9 Å². The van der Waals surface area contributed by atoms with Crippen molar-refractivity contribution in [3.8, 4) is 0 Å². The minimum absolute atomic E-state index is 0. The van der Waals surface area contributed by atoms with Crippen LogP contribution >= 0.6 is 0 Å². The van der Waals surface area contributed by atoms with E-state index in [9.17, 15) is 9.90 Å². The van der Waals surface area contributed by atoms with Crippen molar-refractivity contribution in [2.24, 2.45) is 5.92 Å². The second-order valence-electron chi connectivity index (χ2n) is 4.28. The number of rotatable bonds is 2. The zero-order chi connectivity index (χ0) is 12.6. The van der Waals surface area contributed by atoms with Crippen molar-refractivity contribution in [1.29, 1.82) is 0 Å². The normalized spacial score (nSPS) is 28.1. The van der Waals surface area contributed by atoms with E-state index in [0.29, 0.717) is 0 Å². The van der Waals surface area contributed by atoms with Gasteiger partial charge in [0.1, 0.15) is 5.82 Å². The summed E-state index contributed by atoms with van der Waals surface area (Å²) in [7, 11) is 0. The van der Waals surface area contributed by atoms with Crippen LogP contribution in [0.3, 0.4) is 0 Å². The number of nitrogens with zero attached hydrogens (tertiary/aromatic N) is 2. The minimum atomic E-state index is -0.470. The van der Waals surface area contributed by atoms with Crippen molar-refractivity contribution in [2.75, 3.05) is 12.3 Å². The third kappa shape index (κ3) is 2.82. The fourth-order valence-electron chi connectivity index (χ4n) is 2.00. The van der Waals surface area contributed by atoms with E-state index in [0.717, 1.165) is 5.92 Å². The second kappa shape index (κ2) is 6.23. The number of ether oxygens (including phenoxy) is 1. The summed E-state index contributed by atoms with van der Waals surface area (Å²) in [5.74, 6) is 1.29. The van der Waals surface area contributed by atoms with Crippen molar-refractivity contribution in [3.63, 3.8) is 0 Å². The van der Waals surface area contributed by atoms with Crippen LogP contribution in [0.4, 0.5) is 5.82 Å². The van der Waals surface area contributed by atoms with E-state index in [4.69, 9.17) is 10.5 Å². The summed E-state index contributed by atoms with van der Waals surface area (Å²) in [6.45, 7) is 3.81. The first kappa shape index (κ1) is 15.8. The van der Waals surface area contributed by atoms with Crippen LogP contribution in [0.25, 0.3) is 0 Å². The fourth-order valence-corrected chi connectivity index (χ4v) is 2.00. The van der Waals surface area contributed by atoms with E-state index in [-0.39, 0.29) is 57.2 Å². The molecule has 0 bridgehead atoms. The molecule has 1 aromatic rings. The molecule has 0 aliphatic carbocycles. The standard InChI is InChI=1S/C11H16N3O3.Y/c1-6-7(2)10(17-8(6)5-15)14-4-3-9(12)13-11(14)16;/h3-4,6,8,10,15H,5H2,1-2H3,(H2,12,13,16);/q-1;/t6-,8+,10+;/m0./s1. The SMILES string of the molecule is C[C-]1[C@H](n2ccc(N)nc2=O)O[C@H](CO)[C@H]1C.[Y]. The number of aliphatic hydroxyl groups is 1. The first-order chi connectivity index (χ1) is 8.04. The predicted octanol–water partition coefficient (Wildman–Crippen LogP) is -0.0568. The van der Waals surface area contributed by atoms with E-state index in [1.54, 1.807) is 12.3 Å². The summed E-state index contributed by atoms with van der Waals surface area (Å²) >= 11 is 0. The molecule has 0 unspecified atom stereocenters. The summed E-state index contributed by atoms with van der Waals surface area (Å²) in [5, 5.41) is 9.17. The monoisotopic (exact) mass is 327 g/mol. The Morgan fingerprint density at radius 3 is 2.83 bits per heavy atom. The first-order valence-corrected chi connectivity index (χ1v) is 5.49. The molecule has 1 aromatic heterocycles. The van der Waals surface area contributed by atoms with Gasteiger partial charge in [0, 0.05) is 45.1 Å². The molecule has 1 fully saturated rings. The van der Waals surface area contributed by atoms with Crippen LogP contribution < -0.4 is 11.4 Å².